The molecular formula is C18H16Cl2N4O6S. The van der Waals surface area contributed by atoms with Crippen LogP contribution in [0.2, 0.25) is 10.0 Å². The number of nitro groups is 2. The lowest BCUT2D eigenvalue weighted by Gasteiger charge is -2.08. The van der Waals surface area contributed by atoms with Crippen LogP contribution in [0.25, 0.3) is 0 Å². The number of anilines is 2. The summed E-state index contributed by atoms with van der Waals surface area (Å²) in [5, 5.41) is 27.0. The predicted molar refractivity (Wildman–Crippen MR) is 120 cm³/mol. The predicted octanol–water partition coefficient (Wildman–Crippen LogP) is 4.90. The molecule has 2 amide bonds. The van der Waals surface area contributed by atoms with Gasteiger partial charge in [0.25, 0.3) is 11.4 Å². The first kappa shape index (κ1) is 24.4. The van der Waals surface area contributed by atoms with E-state index >= 15 is 0 Å². The maximum Gasteiger partial charge on any atom is 0.271 e. The second-order valence-corrected chi connectivity index (χ2v) is 8.09. The molecule has 31 heavy (non-hydrogen) atoms. The van der Waals surface area contributed by atoms with Crippen LogP contribution in [0.3, 0.4) is 0 Å². The molecule has 2 rings (SSSR count). The number of benzene rings is 2. The molecule has 0 spiro atoms. The van der Waals surface area contributed by atoms with E-state index in [1.807, 2.05) is 0 Å². The normalized spacial score (nSPS) is 10.4. The fourth-order valence-corrected chi connectivity index (χ4v) is 3.50. The highest BCUT2D eigenvalue weighted by atomic mass is 35.5. The van der Waals surface area contributed by atoms with Crippen LogP contribution in [0.5, 0.6) is 0 Å². The summed E-state index contributed by atoms with van der Waals surface area (Å²) in [6.07, 6.45) is 0.226. The first-order valence-electron chi connectivity index (χ1n) is 8.72. The number of hydrogen-bond acceptors (Lipinski definition) is 7. The summed E-state index contributed by atoms with van der Waals surface area (Å²) in [5.74, 6) is 0.0670. The summed E-state index contributed by atoms with van der Waals surface area (Å²) in [4.78, 5) is 44.4. The summed E-state index contributed by atoms with van der Waals surface area (Å²) >= 11 is 13.2. The number of rotatable bonds is 10. The molecule has 0 atom stereocenters. The van der Waals surface area contributed by atoms with Crippen molar-refractivity contribution >= 4 is 69.5 Å². The summed E-state index contributed by atoms with van der Waals surface area (Å²) in [6.45, 7) is 0. The van der Waals surface area contributed by atoms with Crippen LogP contribution < -0.4 is 10.6 Å². The van der Waals surface area contributed by atoms with Crippen molar-refractivity contribution in [3.8, 4) is 0 Å². The van der Waals surface area contributed by atoms with Gasteiger partial charge in [-0.15, -0.1) is 0 Å². The average Bonchev–Trinajstić information content (AvgIpc) is 2.70. The minimum atomic E-state index is -0.590. The number of nitro benzene ring substituents is 2. The van der Waals surface area contributed by atoms with Gasteiger partial charge in [0, 0.05) is 48.6 Å². The molecular weight excluding hydrogens is 471 g/mol. The van der Waals surface area contributed by atoms with Crippen LogP contribution in [0, 0.1) is 20.2 Å². The SMILES string of the molecule is O=C(CCSCCC(=O)Nc1cc([N+](=O)[O-])ccc1Cl)Nc1cc([N+](=O)[O-])ccc1Cl. The number of nitrogens with one attached hydrogen (secondary N) is 2. The smallest absolute Gasteiger partial charge is 0.271 e. The number of carbonyl (C=O) groups excluding carboxylic acids is 2. The first-order valence-corrected chi connectivity index (χ1v) is 10.6. The quantitative estimate of drug-likeness (QED) is 0.275. The van der Waals surface area contributed by atoms with Crippen molar-refractivity contribution in [2.45, 2.75) is 12.8 Å². The molecule has 0 aliphatic rings. The number of halogens is 2. The van der Waals surface area contributed by atoms with E-state index in [1.165, 1.54) is 48.2 Å². The van der Waals surface area contributed by atoms with E-state index < -0.39 is 9.85 Å². The molecule has 0 radical (unpaired) electrons. The van der Waals surface area contributed by atoms with Crippen LogP contribution in [0.15, 0.2) is 36.4 Å². The molecule has 13 heteroatoms. The Morgan fingerprint density at radius 1 is 0.806 bits per heavy atom. The number of thioether (sulfide) groups is 1. The lowest BCUT2D eigenvalue weighted by molar-refractivity contribution is -0.385. The second-order valence-electron chi connectivity index (χ2n) is 6.05. The van der Waals surface area contributed by atoms with Crippen molar-refractivity contribution in [2.75, 3.05) is 22.1 Å². The maximum absolute atomic E-state index is 12.0. The number of hydrogen-bond donors (Lipinski definition) is 2. The highest BCUT2D eigenvalue weighted by Gasteiger charge is 2.13. The standard InChI is InChI=1S/C18H16Cl2N4O6S/c19-13-3-1-11(23(27)28)9-15(13)21-17(25)5-7-31-8-6-18(26)22-16-10-12(24(29)30)2-4-14(16)20/h1-4,9-10H,5-8H2,(H,21,25)(H,22,26). The lowest BCUT2D eigenvalue weighted by atomic mass is 10.2. The lowest BCUT2D eigenvalue weighted by Crippen LogP contribution is -2.14. The summed E-state index contributed by atoms with van der Waals surface area (Å²) in [5.41, 5.74) is -0.0777. The molecule has 2 aromatic carbocycles. The molecule has 0 saturated heterocycles. The van der Waals surface area contributed by atoms with Gasteiger partial charge >= 0.3 is 0 Å². The number of amides is 2. The van der Waals surface area contributed by atoms with E-state index in [1.54, 1.807) is 0 Å². The van der Waals surface area contributed by atoms with Gasteiger partial charge < -0.3 is 10.6 Å². The van der Waals surface area contributed by atoms with Gasteiger partial charge in [0.15, 0.2) is 0 Å². The van der Waals surface area contributed by atoms with E-state index in [0.717, 1.165) is 0 Å². The van der Waals surface area contributed by atoms with Gasteiger partial charge in [-0.3, -0.25) is 29.8 Å². The Bertz CT molecular complexity index is 941. The largest absolute Gasteiger partial charge is 0.325 e. The fraction of sp³-hybridized carbons (Fsp3) is 0.222. The van der Waals surface area contributed by atoms with Gasteiger partial charge in [0.1, 0.15) is 0 Å². The van der Waals surface area contributed by atoms with Crippen molar-refractivity contribution in [1.29, 1.82) is 0 Å². The molecule has 2 N–H and O–H groups in total. The van der Waals surface area contributed by atoms with Gasteiger partial charge in [-0.2, -0.15) is 11.8 Å². The van der Waals surface area contributed by atoms with Gasteiger partial charge in [-0.25, -0.2) is 0 Å². The van der Waals surface area contributed by atoms with Crippen molar-refractivity contribution in [3.05, 3.63) is 66.7 Å². The minimum Gasteiger partial charge on any atom is -0.325 e. The number of carbonyl (C=O) groups is 2. The molecule has 10 nitrogen and oxygen atoms in total. The van der Waals surface area contributed by atoms with E-state index in [0.29, 0.717) is 11.5 Å². The van der Waals surface area contributed by atoms with Crippen LogP contribution >= 0.6 is 35.0 Å². The summed E-state index contributed by atoms with van der Waals surface area (Å²) in [6, 6.07) is 7.49. The topological polar surface area (TPSA) is 144 Å². The third-order valence-corrected chi connectivity index (χ3v) is 5.46. The Hall–Kier alpha value is -2.89. The fourth-order valence-electron chi connectivity index (χ4n) is 2.30. The molecule has 0 unspecified atom stereocenters. The molecule has 0 aliphatic heterocycles. The van der Waals surface area contributed by atoms with Crippen molar-refractivity contribution in [2.24, 2.45) is 0 Å². The van der Waals surface area contributed by atoms with Gasteiger partial charge in [-0.1, -0.05) is 23.2 Å². The minimum absolute atomic E-state index is 0.113. The third kappa shape index (κ3) is 7.70. The van der Waals surface area contributed by atoms with Crippen LogP contribution in [0.1, 0.15) is 12.8 Å². The van der Waals surface area contributed by atoms with Crippen LogP contribution in [0.4, 0.5) is 22.7 Å². The molecule has 2 aromatic rings. The first-order chi connectivity index (χ1) is 14.7. The monoisotopic (exact) mass is 486 g/mol. The van der Waals surface area contributed by atoms with Crippen LogP contribution in [-0.2, 0) is 9.59 Å². The molecule has 0 heterocycles. The van der Waals surface area contributed by atoms with Crippen molar-refractivity contribution < 1.29 is 19.4 Å². The molecule has 0 bridgehead atoms. The van der Waals surface area contributed by atoms with Crippen molar-refractivity contribution in [3.63, 3.8) is 0 Å². The maximum atomic E-state index is 12.0. The van der Waals surface area contributed by atoms with Crippen molar-refractivity contribution in [1.82, 2.24) is 0 Å². The van der Waals surface area contributed by atoms with Gasteiger partial charge in [-0.05, 0) is 12.1 Å². The Labute approximate surface area is 190 Å². The van der Waals surface area contributed by atoms with E-state index in [4.69, 9.17) is 23.2 Å². The van der Waals surface area contributed by atoms with Gasteiger partial charge in [0.2, 0.25) is 11.8 Å². The number of non-ortho nitro benzene ring substituents is 2. The molecule has 0 saturated carbocycles. The Morgan fingerprint density at radius 3 is 1.55 bits per heavy atom. The zero-order chi connectivity index (χ0) is 23.0. The van der Waals surface area contributed by atoms with E-state index in [2.05, 4.69) is 10.6 Å². The molecule has 164 valence electrons. The third-order valence-electron chi connectivity index (χ3n) is 3.82. The van der Waals surface area contributed by atoms with Crippen LogP contribution in [-0.4, -0.2) is 33.2 Å². The zero-order valence-corrected chi connectivity index (χ0v) is 18.1. The Kier molecular flexibility index (Phi) is 9.03. The molecule has 0 aromatic heterocycles. The highest BCUT2D eigenvalue weighted by Crippen LogP contribution is 2.28. The zero-order valence-electron chi connectivity index (χ0n) is 15.8. The number of nitrogens with zero attached hydrogens (tertiary/aromatic N) is 2. The molecule has 0 fully saturated rings. The highest BCUT2D eigenvalue weighted by molar-refractivity contribution is 7.99. The second kappa shape index (κ2) is 11.5. The Morgan fingerprint density at radius 2 is 1.19 bits per heavy atom. The summed E-state index contributed by atoms with van der Waals surface area (Å²) in [7, 11) is 0. The average molecular weight is 487 g/mol. The van der Waals surface area contributed by atoms with E-state index in [9.17, 15) is 29.8 Å². The van der Waals surface area contributed by atoms with E-state index in [-0.39, 0.29) is 57.5 Å². The Balaban J connectivity index is 1.73. The summed E-state index contributed by atoms with van der Waals surface area (Å²) < 4.78 is 0. The van der Waals surface area contributed by atoms with Gasteiger partial charge in [0.05, 0.1) is 31.3 Å². The molecule has 0 aliphatic carbocycles.